The fraction of sp³-hybridized carbons (Fsp3) is 0.0833. The zero-order valence-corrected chi connectivity index (χ0v) is 10.2. The molecule has 0 atom stereocenters. The van der Waals surface area contributed by atoms with Crippen LogP contribution in [0.25, 0.3) is 16.8 Å². The van der Waals surface area contributed by atoms with Crippen molar-refractivity contribution >= 4 is 23.4 Å². The number of ether oxygens (including phenoxy) is 1. The zero-order chi connectivity index (χ0) is 13.0. The molecule has 0 aliphatic heterocycles. The molecule has 0 unspecified atom stereocenters. The molecule has 0 saturated carbocycles. The number of furan rings is 1. The molecule has 2 heterocycles. The molecule has 0 aliphatic carbocycles. The molecule has 5 nitrogen and oxygen atoms in total. The Kier molecular flexibility index (Phi) is 3.55. The highest BCUT2D eigenvalue weighted by Crippen LogP contribution is 2.24. The third-order valence-electron chi connectivity index (χ3n) is 2.07. The summed E-state index contributed by atoms with van der Waals surface area (Å²) in [6, 6.07) is 5.33. The van der Waals surface area contributed by atoms with Gasteiger partial charge in [0.25, 0.3) is 0 Å². The minimum absolute atomic E-state index is 0.0891. The van der Waals surface area contributed by atoms with E-state index in [0.29, 0.717) is 16.5 Å². The Balaban J connectivity index is 2.28. The minimum atomic E-state index is -0.676. The average Bonchev–Trinajstić information content (AvgIpc) is 3.05. The first-order chi connectivity index (χ1) is 8.74. The number of carbonyl (C=O) groups is 1. The van der Waals surface area contributed by atoms with Gasteiger partial charge >= 0.3 is 5.97 Å². The number of nitriles is 1. The number of hydrogen-bond donors (Lipinski definition) is 0. The summed E-state index contributed by atoms with van der Waals surface area (Å²) >= 11 is 1.37. The lowest BCUT2D eigenvalue weighted by molar-refractivity contribution is -0.135. The van der Waals surface area contributed by atoms with Crippen LogP contribution in [0.1, 0.15) is 5.69 Å². The molecule has 0 spiro atoms. The lowest BCUT2D eigenvalue weighted by Crippen LogP contribution is -2.02. The van der Waals surface area contributed by atoms with E-state index >= 15 is 0 Å². The van der Waals surface area contributed by atoms with Crippen molar-refractivity contribution in [1.29, 1.82) is 5.26 Å². The van der Waals surface area contributed by atoms with Crippen LogP contribution in [0.4, 0.5) is 0 Å². The van der Waals surface area contributed by atoms with E-state index in [1.165, 1.54) is 24.5 Å². The van der Waals surface area contributed by atoms with Crippen LogP contribution in [0.2, 0.25) is 0 Å². The van der Waals surface area contributed by atoms with Crippen molar-refractivity contribution in [3.8, 4) is 16.8 Å². The largest absolute Gasteiger partial charge is 0.465 e. The molecule has 90 valence electrons. The van der Waals surface area contributed by atoms with Gasteiger partial charge in [0.15, 0.2) is 10.8 Å². The van der Waals surface area contributed by atoms with Crippen LogP contribution in [-0.2, 0) is 9.53 Å². The molecule has 0 aromatic carbocycles. The van der Waals surface area contributed by atoms with Gasteiger partial charge in [0.05, 0.1) is 19.1 Å². The smallest absolute Gasteiger partial charge is 0.348 e. The number of rotatable bonds is 3. The summed E-state index contributed by atoms with van der Waals surface area (Å²) < 4.78 is 9.69. The van der Waals surface area contributed by atoms with Gasteiger partial charge in [0, 0.05) is 5.38 Å². The number of hydrogen-bond acceptors (Lipinski definition) is 6. The SMILES string of the molecule is COC(=O)C(C#N)=Cc1csc(-c2ccco2)n1. The zero-order valence-electron chi connectivity index (χ0n) is 9.41. The van der Waals surface area contributed by atoms with Gasteiger partial charge in [0.1, 0.15) is 11.6 Å². The van der Waals surface area contributed by atoms with Gasteiger partial charge in [-0.15, -0.1) is 11.3 Å². The Bertz CT molecular complexity index is 620. The molecule has 0 radical (unpaired) electrons. The van der Waals surface area contributed by atoms with E-state index in [1.54, 1.807) is 29.8 Å². The first-order valence-electron chi connectivity index (χ1n) is 4.94. The van der Waals surface area contributed by atoms with Crippen LogP contribution in [-0.4, -0.2) is 18.1 Å². The summed E-state index contributed by atoms with van der Waals surface area (Å²) in [5, 5.41) is 11.2. The molecule has 0 fully saturated rings. The van der Waals surface area contributed by atoms with Gasteiger partial charge in [-0.3, -0.25) is 0 Å². The van der Waals surface area contributed by atoms with Crippen molar-refractivity contribution in [2.45, 2.75) is 0 Å². The highest BCUT2D eigenvalue weighted by atomic mass is 32.1. The Morgan fingerprint density at radius 3 is 3.11 bits per heavy atom. The highest BCUT2D eigenvalue weighted by molar-refractivity contribution is 7.13. The summed E-state index contributed by atoms with van der Waals surface area (Å²) in [6.45, 7) is 0. The van der Waals surface area contributed by atoms with Crippen LogP contribution < -0.4 is 0 Å². The van der Waals surface area contributed by atoms with E-state index in [4.69, 9.17) is 9.68 Å². The first-order valence-corrected chi connectivity index (χ1v) is 5.82. The number of esters is 1. The quantitative estimate of drug-likeness (QED) is 0.481. The van der Waals surface area contributed by atoms with E-state index in [-0.39, 0.29) is 5.57 Å². The minimum Gasteiger partial charge on any atom is -0.465 e. The van der Waals surface area contributed by atoms with Crippen LogP contribution in [0.15, 0.2) is 33.8 Å². The first kappa shape index (κ1) is 12.1. The molecule has 2 rings (SSSR count). The lowest BCUT2D eigenvalue weighted by atomic mass is 10.2. The summed E-state index contributed by atoms with van der Waals surface area (Å²) in [4.78, 5) is 15.5. The number of nitrogens with zero attached hydrogens (tertiary/aromatic N) is 2. The third kappa shape index (κ3) is 2.47. The van der Waals surface area contributed by atoms with Gasteiger partial charge in [-0.2, -0.15) is 5.26 Å². The Morgan fingerprint density at radius 1 is 1.67 bits per heavy atom. The van der Waals surface area contributed by atoms with Gasteiger partial charge in [-0.1, -0.05) is 0 Å². The van der Waals surface area contributed by atoms with Crippen LogP contribution in [0, 0.1) is 11.3 Å². The van der Waals surface area contributed by atoms with Crippen LogP contribution in [0.3, 0.4) is 0 Å². The molecule has 0 N–H and O–H groups in total. The average molecular weight is 260 g/mol. The van der Waals surface area contributed by atoms with E-state index in [2.05, 4.69) is 9.72 Å². The Morgan fingerprint density at radius 2 is 2.50 bits per heavy atom. The number of methoxy groups -OCH3 is 1. The van der Waals surface area contributed by atoms with Crippen LogP contribution >= 0.6 is 11.3 Å². The molecule has 0 bridgehead atoms. The molecule has 0 amide bonds. The van der Waals surface area contributed by atoms with Crippen molar-refractivity contribution in [2.75, 3.05) is 7.11 Å². The van der Waals surface area contributed by atoms with Gasteiger partial charge in [0.2, 0.25) is 0 Å². The molecular weight excluding hydrogens is 252 g/mol. The van der Waals surface area contributed by atoms with Crippen molar-refractivity contribution in [3.63, 3.8) is 0 Å². The summed E-state index contributed by atoms with van der Waals surface area (Å²) in [5.41, 5.74) is 0.433. The van der Waals surface area contributed by atoms with E-state index < -0.39 is 5.97 Å². The summed E-state index contributed by atoms with van der Waals surface area (Å²) in [6.07, 6.45) is 2.94. The highest BCUT2D eigenvalue weighted by Gasteiger charge is 2.11. The van der Waals surface area contributed by atoms with E-state index in [1.807, 2.05) is 0 Å². The molecule has 18 heavy (non-hydrogen) atoms. The fourth-order valence-electron chi connectivity index (χ4n) is 1.26. The topological polar surface area (TPSA) is 76.1 Å². The van der Waals surface area contributed by atoms with Gasteiger partial charge < -0.3 is 9.15 Å². The van der Waals surface area contributed by atoms with E-state index in [0.717, 1.165) is 0 Å². The third-order valence-corrected chi connectivity index (χ3v) is 2.95. The second kappa shape index (κ2) is 5.29. The van der Waals surface area contributed by atoms with Crippen LogP contribution in [0.5, 0.6) is 0 Å². The maximum atomic E-state index is 11.2. The normalized spacial score (nSPS) is 11.0. The second-order valence-electron chi connectivity index (χ2n) is 3.22. The van der Waals surface area contributed by atoms with Crippen molar-refractivity contribution in [2.24, 2.45) is 0 Å². The van der Waals surface area contributed by atoms with Crippen molar-refractivity contribution in [3.05, 3.63) is 35.0 Å². The molecular formula is C12H8N2O3S. The van der Waals surface area contributed by atoms with Crippen molar-refractivity contribution < 1.29 is 13.9 Å². The van der Waals surface area contributed by atoms with Gasteiger partial charge in [-0.05, 0) is 18.2 Å². The van der Waals surface area contributed by atoms with Crippen molar-refractivity contribution in [1.82, 2.24) is 4.98 Å². The maximum Gasteiger partial charge on any atom is 0.348 e. The summed E-state index contributed by atoms with van der Waals surface area (Å²) in [7, 11) is 1.23. The lowest BCUT2D eigenvalue weighted by Gasteiger charge is -1.93. The summed E-state index contributed by atoms with van der Waals surface area (Å²) in [5.74, 6) is -0.0266. The van der Waals surface area contributed by atoms with Gasteiger partial charge in [-0.25, -0.2) is 9.78 Å². The number of thiazole rings is 1. The number of carbonyl (C=O) groups excluding carboxylic acids is 1. The molecule has 2 aromatic rings. The number of aromatic nitrogens is 1. The second-order valence-corrected chi connectivity index (χ2v) is 4.07. The predicted molar refractivity (Wildman–Crippen MR) is 65.4 cm³/mol. The molecule has 2 aromatic heterocycles. The molecule has 6 heteroatoms. The maximum absolute atomic E-state index is 11.2. The predicted octanol–water partition coefficient (Wildman–Crippen LogP) is 2.48. The fourth-order valence-corrected chi connectivity index (χ4v) is 2.00. The standard InChI is InChI=1S/C12H8N2O3S/c1-16-12(15)8(6-13)5-9-7-18-11(14-9)10-3-2-4-17-10/h2-5,7H,1H3. The Labute approximate surface area is 107 Å². The molecule has 0 aliphatic rings. The molecule has 0 saturated heterocycles. The Hall–Kier alpha value is -2.39. The monoisotopic (exact) mass is 260 g/mol. The van der Waals surface area contributed by atoms with E-state index in [9.17, 15) is 4.79 Å².